The Morgan fingerprint density at radius 1 is 1.16 bits per heavy atom. The first kappa shape index (κ1) is 20.7. The summed E-state index contributed by atoms with van der Waals surface area (Å²) in [4.78, 5) is 18.6. The van der Waals surface area contributed by atoms with Crippen molar-refractivity contribution >= 4 is 15.9 Å². The number of aliphatic hydroxyl groups is 1. The third-order valence-corrected chi connectivity index (χ3v) is 7.13. The molecule has 1 aliphatic heterocycles. The van der Waals surface area contributed by atoms with Crippen molar-refractivity contribution in [3.8, 4) is 5.88 Å². The number of rotatable bonds is 7. The molecular formula is C22H22N4O5S. The number of carbonyl (C=O) groups is 1. The summed E-state index contributed by atoms with van der Waals surface area (Å²) in [6.07, 6.45) is 4.86. The lowest BCUT2D eigenvalue weighted by atomic mass is 9.98. The van der Waals surface area contributed by atoms with Crippen molar-refractivity contribution in [3.05, 3.63) is 71.7 Å². The summed E-state index contributed by atoms with van der Waals surface area (Å²) in [5.41, 5.74) is 1.92. The molecule has 1 saturated carbocycles. The maximum Gasteiger partial charge on any atom is 0.284 e. The summed E-state index contributed by atoms with van der Waals surface area (Å²) < 4.78 is 32.4. The van der Waals surface area contributed by atoms with Crippen LogP contribution in [-0.4, -0.2) is 51.2 Å². The number of aliphatic hydroxyl groups excluding tert-OH is 1. The van der Waals surface area contributed by atoms with Gasteiger partial charge in [0.2, 0.25) is 11.8 Å². The third-order valence-electron chi connectivity index (χ3n) is 5.62. The monoisotopic (exact) mass is 454 g/mol. The zero-order chi connectivity index (χ0) is 22.3. The second kappa shape index (κ2) is 8.03. The van der Waals surface area contributed by atoms with Gasteiger partial charge in [-0.15, -0.1) is 0 Å². The molecule has 5 rings (SSSR count). The van der Waals surface area contributed by atoms with E-state index in [1.807, 2.05) is 18.2 Å². The topological polar surface area (TPSA) is 115 Å². The number of nitrogens with zero attached hydrogens (tertiary/aromatic N) is 4. The van der Waals surface area contributed by atoms with Crippen molar-refractivity contribution in [2.24, 2.45) is 0 Å². The standard InChI is InChI=1S/C22H22N4O5S/c27-14-19(15-4-2-1-3-5-15)22(28)25-11-16-12-26(24-20(16)13-25)32(29,30)18-8-9-21(23-10-18)31-17-6-7-17/h1-5,8-10,12,17,19,27H,6-7,11,13-14H2/t19-/m1/s1. The number of pyridine rings is 1. The van der Waals surface area contributed by atoms with Gasteiger partial charge in [0.25, 0.3) is 10.0 Å². The predicted molar refractivity (Wildman–Crippen MR) is 113 cm³/mol. The lowest BCUT2D eigenvalue weighted by molar-refractivity contribution is -0.134. The highest BCUT2D eigenvalue weighted by atomic mass is 32.2. The van der Waals surface area contributed by atoms with Gasteiger partial charge in [-0.25, -0.2) is 4.98 Å². The second-order valence-electron chi connectivity index (χ2n) is 7.97. The normalized spacial score (nSPS) is 16.6. The molecule has 2 aromatic heterocycles. The fourth-order valence-corrected chi connectivity index (χ4v) is 4.81. The molecule has 1 N–H and O–H groups in total. The molecule has 0 unspecified atom stereocenters. The van der Waals surface area contributed by atoms with Gasteiger partial charge in [0, 0.05) is 24.4 Å². The van der Waals surface area contributed by atoms with Crippen LogP contribution in [0.1, 0.15) is 35.6 Å². The highest BCUT2D eigenvalue weighted by Gasteiger charge is 2.33. The number of hydrogen-bond donors (Lipinski definition) is 1. The van der Waals surface area contributed by atoms with E-state index in [0.29, 0.717) is 17.1 Å². The number of ether oxygens (including phenoxy) is 1. The molecule has 9 nitrogen and oxygen atoms in total. The lowest BCUT2D eigenvalue weighted by Gasteiger charge is -2.22. The Hall–Kier alpha value is -3.24. The van der Waals surface area contributed by atoms with Crippen LogP contribution in [0.2, 0.25) is 0 Å². The molecule has 10 heteroatoms. The van der Waals surface area contributed by atoms with E-state index in [0.717, 1.165) is 22.5 Å². The molecule has 0 radical (unpaired) electrons. The minimum absolute atomic E-state index is 0.0131. The third kappa shape index (κ3) is 3.87. The molecular weight excluding hydrogens is 432 g/mol. The SMILES string of the molecule is O=C([C@H](CO)c1ccccc1)N1Cc2cn(S(=O)(=O)c3ccc(OC4CC4)nc3)nc2C1. The second-order valence-corrected chi connectivity index (χ2v) is 9.76. The van der Waals surface area contributed by atoms with Crippen LogP contribution in [0.4, 0.5) is 0 Å². The van der Waals surface area contributed by atoms with Gasteiger partial charge in [0.1, 0.15) is 11.0 Å². The fraction of sp³-hybridized carbons (Fsp3) is 0.318. The van der Waals surface area contributed by atoms with Gasteiger partial charge in [-0.2, -0.15) is 17.6 Å². The number of hydrogen-bond acceptors (Lipinski definition) is 7. The van der Waals surface area contributed by atoms with Crippen molar-refractivity contribution in [2.45, 2.75) is 42.8 Å². The van der Waals surface area contributed by atoms with Gasteiger partial charge >= 0.3 is 0 Å². The molecule has 1 aliphatic carbocycles. The van der Waals surface area contributed by atoms with Crippen molar-refractivity contribution in [1.82, 2.24) is 19.1 Å². The zero-order valence-electron chi connectivity index (χ0n) is 17.2. The maximum atomic E-state index is 13.0. The number of aromatic nitrogens is 3. The maximum absolute atomic E-state index is 13.0. The molecule has 1 fully saturated rings. The molecule has 1 atom stereocenters. The van der Waals surface area contributed by atoms with Crippen molar-refractivity contribution in [3.63, 3.8) is 0 Å². The highest BCUT2D eigenvalue weighted by molar-refractivity contribution is 7.89. The van der Waals surface area contributed by atoms with E-state index < -0.39 is 15.9 Å². The molecule has 32 heavy (non-hydrogen) atoms. The highest BCUT2D eigenvalue weighted by Crippen LogP contribution is 2.29. The summed E-state index contributed by atoms with van der Waals surface area (Å²) in [6.45, 7) is 0.116. The van der Waals surface area contributed by atoms with Crippen LogP contribution in [0.5, 0.6) is 5.88 Å². The van der Waals surface area contributed by atoms with Crippen LogP contribution >= 0.6 is 0 Å². The number of amides is 1. The van der Waals surface area contributed by atoms with Crippen LogP contribution in [-0.2, 0) is 27.9 Å². The number of fused-ring (bicyclic) bond motifs is 1. The Kier molecular flexibility index (Phi) is 5.18. The van der Waals surface area contributed by atoms with Gasteiger partial charge < -0.3 is 14.7 Å². The average molecular weight is 455 g/mol. The lowest BCUT2D eigenvalue weighted by Crippen LogP contribution is -2.33. The molecule has 0 saturated heterocycles. The minimum Gasteiger partial charge on any atom is -0.474 e. The average Bonchev–Trinajstić information content (AvgIpc) is 3.37. The van der Waals surface area contributed by atoms with Crippen LogP contribution < -0.4 is 4.74 Å². The van der Waals surface area contributed by atoms with Crippen molar-refractivity contribution in [2.75, 3.05) is 6.61 Å². The Bertz CT molecular complexity index is 1210. The molecule has 0 bridgehead atoms. The molecule has 2 aliphatic rings. The summed E-state index contributed by atoms with van der Waals surface area (Å²) in [5, 5.41) is 14.0. The van der Waals surface area contributed by atoms with Crippen molar-refractivity contribution in [1.29, 1.82) is 0 Å². The van der Waals surface area contributed by atoms with E-state index in [4.69, 9.17) is 4.74 Å². The Morgan fingerprint density at radius 3 is 2.56 bits per heavy atom. The van der Waals surface area contributed by atoms with E-state index in [1.54, 1.807) is 23.1 Å². The summed E-state index contributed by atoms with van der Waals surface area (Å²) >= 11 is 0. The Labute approximate surface area is 185 Å². The van der Waals surface area contributed by atoms with Gasteiger partial charge in [0.15, 0.2) is 0 Å². The van der Waals surface area contributed by atoms with Gasteiger partial charge in [0.05, 0.1) is 31.0 Å². The molecule has 3 aromatic rings. The van der Waals surface area contributed by atoms with E-state index in [2.05, 4.69) is 10.1 Å². The molecule has 1 aromatic carbocycles. The van der Waals surface area contributed by atoms with Gasteiger partial charge in [-0.05, 0) is 24.5 Å². The van der Waals surface area contributed by atoms with E-state index >= 15 is 0 Å². The molecule has 166 valence electrons. The first-order valence-electron chi connectivity index (χ1n) is 10.4. The summed E-state index contributed by atoms with van der Waals surface area (Å²) in [6, 6.07) is 12.1. The summed E-state index contributed by atoms with van der Waals surface area (Å²) in [7, 11) is -3.90. The van der Waals surface area contributed by atoms with Crippen LogP contribution in [0.15, 0.2) is 59.8 Å². The van der Waals surface area contributed by atoms with Crippen LogP contribution in [0.25, 0.3) is 0 Å². The summed E-state index contributed by atoms with van der Waals surface area (Å²) in [5.74, 6) is -0.486. The zero-order valence-corrected chi connectivity index (χ0v) is 18.0. The van der Waals surface area contributed by atoms with Crippen LogP contribution in [0.3, 0.4) is 0 Å². The fourth-order valence-electron chi connectivity index (χ4n) is 3.69. The van der Waals surface area contributed by atoms with Crippen LogP contribution in [0, 0.1) is 0 Å². The Balaban J connectivity index is 1.31. The number of carbonyl (C=O) groups excluding carboxylic acids is 1. The first-order chi connectivity index (χ1) is 15.5. The largest absolute Gasteiger partial charge is 0.474 e. The smallest absolute Gasteiger partial charge is 0.284 e. The number of benzene rings is 1. The van der Waals surface area contributed by atoms with E-state index in [9.17, 15) is 18.3 Å². The first-order valence-corrected chi connectivity index (χ1v) is 11.8. The van der Waals surface area contributed by atoms with E-state index in [1.165, 1.54) is 18.5 Å². The quantitative estimate of drug-likeness (QED) is 0.578. The van der Waals surface area contributed by atoms with Gasteiger partial charge in [-0.1, -0.05) is 30.3 Å². The molecule has 1 amide bonds. The van der Waals surface area contributed by atoms with Gasteiger partial charge in [-0.3, -0.25) is 4.79 Å². The predicted octanol–water partition coefficient (Wildman–Crippen LogP) is 1.67. The molecule has 3 heterocycles. The van der Waals surface area contributed by atoms with E-state index in [-0.39, 0.29) is 36.6 Å². The minimum atomic E-state index is -3.90. The van der Waals surface area contributed by atoms with Crippen molar-refractivity contribution < 1.29 is 23.1 Å². The molecule has 0 spiro atoms. The Morgan fingerprint density at radius 2 is 1.94 bits per heavy atom.